The molecule has 0 saturated carbocycles. The Kier molecular flexibility index (Phi) is 3.66. The molecule has 0 N–H and O–H groups in total. The van der Waals surface area contributed by atoms with Gasteiger partial charge < -0.3 is 4.89 Å². The summed E-state index contributed by atoms with van der Waals surface area (Å²) in [5, 5.41) is 0. The third kappa shape index (κ3) is 8.37. The van der Waals surface area contributed by atoms with Crippen molar-refractivity contribution in [3.63, 3.8) is 0 Å². The molecule has 0 atom stereocenters. The van der Waals surface area contributed by atoms with Crippen molar-refractivity contribution in [2.75, 3.05) is 0 Å². The van der Waals surface area contributed by atoms with Gasteiger partial charge in [-0.3, -0.25) is 0 Å². The fourth-order valence-electron chi connectivity index (χ4n) is 0.0800. The Morgan fingerprint density at radius 1 is 1.44 bits per heavy atom. The summed E-state index contributed by atoms with van der Waals surface area (Å²) in [4.78, 5) is 6.34. The van der Waals surface area contributed by atoms with Gasteiger partial charge in [-0.15, -0.1) is 13.2 Å². The first kappa shape index (κ1) is 9.37. The van der Waals surface area contributed by atoms with Crippen molar-refractivity contribution in [1.82, 2.24) is 0 Å². The van der Waals surface area contributed by atoms with Crippen LogP contribution in [0.1, 0.15) is 0 Å². The molecule has 0 spiro atoms. The van der Waals surface area contributed by atoms with Crippen molar-refractivity contribution in [3.8, 4) is 0 Å². The monoisotopic (exact) mass is 272 g/mol. The third-order valence-corrected chi connectivity index (χ3v) is 0.450. The van der Waals surface area contributed by atoms with E-state index in [9.17, 15) is 13.2 Å². The first-order valence-corrected chi connectivity index (χ1v) is 3.02. The Bertz CT molecular complexity index is 113. The molecule has 0 rings (SSSR count). The molecular weight excluding hydrogens is 272 g/mol. The summed E-state index contributed by atoms with van der Waals surface area (Å²) >= 11 is 5.47. The summed E-state index contributed by atoms with van der Waals surface area (Å²) in [5.74, 6) is 0. The molecule has 0 unspecified atom stereocenters. The molecule has 0 aliphatic rings. The summed E-state index contributed by atoms with van der Waals surface area (Å²) in [6, 6.07) is 0. The van der Waals surface area contributed by atoms with Crippen LogP contribution in [-0.4, -0.2) is 9.42 Å². The van der Waals surface area contributed by atoms with Gasteiger partial charge >= 0.3 is 6.36 Å². The van der Waals surface area contributed by atoms with E-state index in [1.165, 1.54) is 22.6 Å². The van der Waals surface area contributed by atoms with Crippen LogP contribution in [0.15, 0.2) is 0 Å². The van der Waals surface area contributed by atoms with Crippen LogP contribution < -0.4 is 0 Å². The van der Waals surface area contributed by atoms with Gasteiger partial charge in [-0.1, -0.05) is 4.89 Å². The molecule has 0 heterocycles. The summed E-state index contributed by atoms with van der Waals surface area (Å²) in [7, 11) is 0. The van der Waals surface area contributed by atoms with Gasteiger partial charge in [0.1, 0.15) is 0 Å². The summed E-state index contributed by atoms with van der Waals surface area (Å²) in [6.45, 7) is 0. The maximum atomic E-state index is 11.0. The van der Waals surface area contributed by atoms with Gasteiger partial charge in [0, 0.05) is 22.6 Å². The lowest BCUT2D eigenvalue weighted by molar-refractivity contribution is -0.450. The second-order valence-electron chi connectivity index (χ2n) is 0.850. The number of hydrogen-bond acceptors (Lipinski definition) is 3. The highest BCUT2D eigenvalue weighted by molar-refractivity contribution is 14.1. The van der Waals surface area contributed by atoms with E-state index in [2.05, 4.69) is 22.0 Å². The second kappa shape index (κ2) is 3.52. The average molecular weight is 272 g/mol. The molecule has 0 aliphatic carbocycles. The molecule has 0 saturated heterocycles. The van der Waals surface area contributed by atoms with Crippen molar-refractivity contribution in [2.45, 2.75) is 6.36 Å². The largest absolute Gasteiger partial charge is 0.558 e. The van der Waals surface area contributed by atoms with Crippen LogP contribution in [0, 0.1) is 0 Å². The Morgan fingerprint density at radius 2 is 1.89 bits per heavy atom. The first-order valence-electron chi connectivity index (χ1n) is 1.53. The van der Waals surface area contributed by atoms with Crippen molar-refractivity contribution in [2.24, 2.45) is 0 Å². The predicted octanol–water partition coefficient (Wildman–Crippen LogP) is 2.17. The van der Waals surface area contributed by atoms with Crippen LogP contribution in [0.25, 0.3) is 0 Å². The van der Waals surface area contributed by atoms with E-state index >= 15 is 0 Å². The molecule has 0 amide bonds. The SMILES string of the molecule is FC(F)(F)OOC(=S)I. The number of halogens is 4. The van der Waals surface area contributed by atoms with Gasteiger partial charge in [0.25, 0.3) is 3.06 Å². The lowest BCUT2D eigenvalue weighted by Gasteiger charge is -2.02. The molecule has 0 aromatic rings. The van der Waals surface area contributed by atoms with Crippen LogP contribution in [0.5, 0.6) is 0 Å². The molecule has 0 fully saturated rings. The van der Waals surface area contributed by atoms with E-state index in [1.807, 2.05) is 0 Å². The van der Waals surface area contributed by atoms with Crippen LogP contribution in [0.2, 0.25) is 0 Å². The molecule has 2 nitrogen and oxygen atoms in total. The molecule has 0 aromatic heterocycles. The number of rotatable bonds is 1. The van der Waals surface area contributed by atoms with E-state index in [4.69, 9.17) is 0 Å². The zero-order valence-electron chi connectivity index (χ0n) is 3.74. The number of hydrogen-bond donors (Lipinski definition) is 0. The molecule has 0 aromatic carbocycles. The highest BCUT2D eigenvalue weighted by Crippen LogP contribution is 2.17. The van der Waals surface area contributed by atoms with Gasteiger partial charge in [-0.2, -0.15) is 0 Å². The lowest BCUT2D eigenvalue weighted by Crippen LogP contribution is -2.14. The Morgan fingerprint density at radius 3 is 2.00 bits per heavy atom. The standard InChI is InChI=1S/C2F3IO2S/c3-2(4,5)8-7-1(6)9. The zero-order chi connectivity index (χ0) is 7.49. The molecular formula is C2F3IO2S. The van der Waals surface area contributed by atoms with Crippen LogP contribution in [-0.2, 0) is 9.78 Å². The summed E-state index contributed by atoms with van der Waals surface area (Å²) in [6.07, 6.45) is -4.78. The minimum Gasteiger partial charge on any atom is -0.311 e. The summed E-state index contributed by atoms with van der Waals surface area (Å²) < 4.78 is 32.7. The van der Waals surface area contributed by atoms with E-state index in [0.717, 1.165) is 0 Å². The smallest absolute Gasteiger partial charge is 0.311 e. The van der Waals surface area contributed by atoms with Crippen LogP contribution in [0.3, 0.4) is 0 Å². The maximum Gasteiger partial charge on any atom is 0.558 e. The van der Waals surface area contributed by atoms with Gasteiger partial charge in [0.2, 0.25) is 0 Å². The fourth-order valence-corrected chi connectivity index (χ4v) is 0.204. The number of thiocarbonyl (C=S) groups is 1. The van der Waals surface area contributed by atoms with Gasteiger partial charge in [-0.25, -0.2) is 0 Å². The minimum atomic E-state index is -4.78. The highest BCUT2D eigenvalue weighted by atomic mass is 127. The van der Waals surface area contributed by atoms with E-state index in [0.29, 0.717) is 0 Å². The zero-order valence-corrected chi connectivity index (χ0v) is 6.71. The normalized spacial score (nSPS) is 11.1. The van der Waals surface area contributed by atoms with Crippen molar-refractivity contribution in [1.29, 1.82) is 0 Å². The van der Waals surface area contributed by atoms with Crippen molar-refractivity contribution in [3.05, 3.63) is 0 Å². The predicted molar refractivity (Wildman–Crippen MR) is 34.8 cm³/mol. The van der Waals surface area contributed by atoms with Crippen molar-refractivity contribution < 1.29 is 22.9 Å². The van der Waals surface area contributed by atoms with Gasteiger partial charge in [-0.05, 0) is 12.2 Å². The average Bonchev–Trinajstić information content (AvgIpc) is 1.59. The minimum absolute atomic E-state index is 0.343. The quantitative estimate of drug-likeness (QED) is 0.239. The fraction of sp³-hybridized carbons (Fsp3) is 0.500. The molecule has 0 bridgehead atoms. The summed E-state index contributed by atoms with van der Waals surface area (Å²) in [5.41, 5.74) is 0. The van der Waals surface area contributed by atoms with Crippen molar-refractivity contribution >= 4 is 37.9 Å². The maximum absolute atomic E-state index is 11.0. The second-order valence-corrected chi connectivity index (χ2v) is 2.93. The molecule has 9 heavy (non-hydrogen) atoms. The Balaban J connectivity index is 3.39. The lowest BCUT2D eigenvalue weighted by atomic mass is 11.4. The van der Waals surface area contributed by atoms with E-state index in [1.54, 1.807) is 0 Å². The molecule has 7 heteroatoms. The Labute approximate surface area is 67.4 Å². The molecule has 54 valence electrons. The van der Waals surface area contributed by atoms with Crippen LogP contribution >= 0.6 is 34.8 Å². The topological polar surface area (TPSA) is 18.5 Å². The van der Waals surface area contributed by atoms with E-state index in [-0.39, 0.29) is 3.06 Å². The van der Waals surface area contributed by atoms with E-state index < -0.39 is 6.36 Å². The van der Waals surface area contributed by atoms with Gasteiger partial charge in [0.05, 0.1) is 0 Å². The molecule has 0 radical (unpaired) electrons. The van der Waals surface area contributed by atoms with Gasteiger partial charge in [0.15, 0.2) is 0 Å². The third-order valence-electron chi connectivity index (χ3n) is 0.202. The van der Waals surface area contributed by atoms with Crippen LogP contribution in [0.4, 0.5) is 13.2 Å². The first-order chi connectivity index (χ1) is 3.92. The number of alkyl halides is 3. The highest BCUT2D eigenvalue weighted by Gasteiger charge is 2.32. The Hall–Kier alpha value is 0.370. The molecule has 0 aliphatic heterocycles.